The van der Waals surface area contributed by atoms with E-state index in [9.17, 15) is 9.18 Å². The standard InChI is InChI=1S/C18H12BrClFNO2/c19-13-3-1-12-8-15(5-2-11(12)7-13)24-10-18(23)22-14-4-6-17(21)16(20)9-14/h1-9H,10H2,(H,22,23). The maximum Gasteiger partial charge on any atom is 0.262 e. The lowest BCUT2D eigenvalue weighted by Gasteiger charge is -2.09. The average Bonchev–Trinajstić information content (AvgIpc) is 2.56. The van der Waals surface area contributed by atoms with Crippen LogP contribution >= 0.6 is 27.5 Å². The summed E-state index contributed by atoms with van der Waals surface area (Å²) in [7, 11) is 0. The highest BCUT2D eigenvalue weighted by Crippen LogP contribution is 2.24. The smallest absolute Gasteiger partial charge is 0.262 e. The molecule has 0 radical (unpaired) electrons. The van der Waals surface area contributed by atoms with Gasteiger partial charge in [0, 0.05) is 10.2 Å². The van der Waals surface area contributed by atoms with E-state index in [1.165, 1.54) is 18.2 Å². The Hall–Kier alpha value is -2.11. The predicted octanol–water partition coefficient (Wildman–Crippen LogP) is 5.41. The van der Waals surface area contributed by atoms with E-state index in [0.29, 0.717) is 11.4 Å². The van der Waals surface area contributed by atoms with Crippen molar-refractivity contribution in [2.24, 2.45) is 0 Å². The number of anilines is 1. The Bertz CT molecular complexity index is 917. The lowest BCUT2D eigenvalue weighted by Crippen LogP contribution is -2.20. The van der Waals surface area contributed by atoms with E-state index in [4.69, 9.17) is 16.3 Å². The van der Waals surface area contributed by atoms with E-state index >= 15 is 0 Å². The molecule has 0 bridgehead atoms. The van der Waals surface area contributed by atoms with Gasteiger partial charge in [-0.15, -0.1) is 0 Å². The Balaban J connectivity index is 1.63. The molecule has 0 unspecified atom stereocenters. The lowest BCUT2D eigenvalue weighted by molar-refractivity contribution is -0.118. The van der Waals surface area contributed by atoms with Crippen LogP contribution < -0.4 is 10.1 Å². The van der Waals surface area contributed by atoms with Gasteiger partial charge in [0.25, 0.3) is 5.91 Å². The first kappa shape index (κ1) is 16.7. The Morgan fingerprint density at radius 1 is 1.08 bits per heavy atom. The van der Waals surface area contributed by atoms with Crippen molar-refractivity contribution >= 4 is 49.9 Å². The van der Waals surface area contributed by atoms with Crippen molar-refractivity contribution in [3.05, 3.63) is 69.9 Å². The zero-order valence-corrected chi connectivity index (χ0v) is 14.7. The minimum Gasteiger partial charge on any atom is -0.484 e. The molecule has 0 saturated carbocycles. The van der Waals surface area contributed by atoms with E-state index < -0.39 is 5.82 Å². The van der Waals surface area contributed by atoms with Gasteiger partial charge in [0.2, 0.25) is 0 Å². The van der Waals surface area contributed by atoms with Crippen molar-refractivity contribution in [2.75, 3.05) is 11.9 Å². The second-order valence-corrected chi connectivity index (χ2v) is 6.44. The molecule has 6 heteroatoms. The molecule has 3 aromatic carbocycles. The van der Waals surface area contributed by atoms with Crippen LogP contribution in [0.15, 0.2) is 59.1 Å². The van der Waals surface area contributed by atoms with Crippen molar-refractivity contribution < 1.29 is 13.9 Å². The quantitative estimate of drug-likeness (QED) is 0.626. The van der Waals surface area contributed by atoms with Gasteiger partial charge >= 0.3 is 0 Å². The van der Waals surface area contributed by atoms with Crippen LogP contribution in [0, 0.1) is 5.82 Å². The molecule has 0 aliphatic carbocycles. The molecule has 0 heterocycles. The average molecular weight is 409 g/mol. The number of rotatable bonds is 4. The number of hydrogen-bond acceptors (Lipinski definition) is 2. The summed E-state index contributed by atoms with van der Waals surface area (Å²) in [4.78, 5) is 11.9. The van der Waals surface area contributed by atoms with Gasteiger partial charge in [-0.3, -0.25) is 4.79 Å². The Labute approximate surface area is 151 Å². The lowest BCUT2D eigenvalue weighted by atomic mass is 10.1. The van der Waals surface area contributed by atoms with Crippen molar-refractivity contribution in [3.63, 3.8) is 0 Å². The minimum atomic E-state index is -0.534. The summed E-state index contributed by atoms with van der Waals surface area (Å²) in [6.45, 7) is -0.156. The van der Waals surface area contributed by atoms with Gasteiger partial charge in [-0.05, 0) is 53.2 Å². The summed E-state index contributed by atoms with van der Waals surface area (Å²) >= 11 is 9.10. The van der Waals surface area contributed by atoms with Gasteiger partial charge in [0.15, 0.2) is 6.61 Å². The molecule has 1 N–H and O–H groups in total. The van der Waals surface area contributed by atoms with Crippen molar-refractivity contribution in [1.29, 1.82) is 0 Å². The van der Waals surface area contributed by atoms with Crippen LogP contribution in [0.5, 0.6) is 5.75 Å². The van der Waals surface area contributed by atoms with Crippen LogP contribution in [0.4, 0.5) is 10.1 Å². The SMILES string of the molecule is O=C(COc1ccc2cc(Br)ccc2c1)Nc1ccc(F)c(Cl)c1. The highest BCUT2D eigenvalue weighted by atomic mass is 79.9. The van der Waals surface area contributed by atoms with Gasteiger partial charge in [0.05, 0.1) is 5.02 Å². The molecule has 0 aliphatic heterocycles. The summed E-state index contributed by atoms with van der Waals surface area (Å²) in [5.74, 6) is -0.292. The van der Waals surface area contributed by atoms with E-state index in [1.807, 2.05) is 30.3 Å². The van der Waals surface area contributed by atoms with Crippen LogP contribution in [-0.2, 0) is 4.79 Å². The molecule has 1 amide bonds. The molecule has 122 valence electrons. The third kappa shape index (κ3) is 4.04. The summed E-state index contributed by atoms with van der Waals surface area (Å²) in [5.41, 5.74) is 0.415. The highest BCUT2D eigenvalue weighted by Gasteiger charge is 2.07. The van der Waals surface area contributed by atoms with Crippen LogP contribution in [0.2, 0.25) is 5.02 Å². The van der Waals surface area contributed by atoms with Gasteiger partial charge in [0.1, 0.15) is 11.6 Å². The molecule has 0 fully saturated rings. The summed E-state index contributed by atoms with van der Waals surface area (Å²) < 4.78 is 19.6. The van der Waals surface area contributed by atoms with Crippen molar-refractivity contribution in [3.8, 4) is 5.75 Å². The molecule has 0 atom stereocenters. The first-order chi connectivity index (χ1) is 11.5. The maximum atomic E-state index is 13.1. The van der Waals surface area contributed by atoms with Gasteiger partial charge in [-0.2, -0.15) is 0 Å². The number of amides is 1. The Kier molecular flexibility index (Phi) is 5.02. The third-order valence-corrected chi connectivity index (χ3v) is 4.13. The number of nitrogens with one attached hydrogen (secondary N) is 1. The van der Waals surface area contributed by atoms with Crippen LogP contribution in [0.25, 0.3) is 10.8 Å². The fourth-order valence-corrected chi connectivity index (χ4v) is 2.76. The molecule has 0 aliphatic rings. The van der Waals surface area contributed by atoms with E-state index in [2.05, 4.69) is 21.2 Å². The molecule has 3 aromatic rings. The molecule has 0 spiro atoms. The predicted molar refractivity (Wildman–Crippen MR) is 97.2 cm³/mol. The highest BCUT2D eigenvalue weighted by molar-refractivity contribution is 9.10. The van der Waals surface area contributed by atoms with E-state index in [1.54, 1.807) is 6.07 Å². The molecule has 0 saturated heterocycles. The monoisotopic (exact) mass is 407 g/mol. The summed E-state index contributed by atoms with van der Waals surface area (Å²) in [6, 6.07) is 15.5. The molecular formula is C18H12BrClFNO2. The second kappa shape index (κ2) is 7.20. The molecule has 3 rings (SSSR count). The van der Waals surface area contributed by atoms with E-state index in [-0.39, 0.29) is 17.5 Å². The topological polar surface area (TPSA) is 38.3 Å². The maximum absolute atomic E-state index is 13.1. The minimum absolute atomic E-state index is 0.0468. The van der Waals surface area contributed by atoms with Gasteiger partial charge in [-0.1, -0.05) is 39.7 Å². The normalized spacial score (nSPS) is 10.6. The number of benzene rings is 3. The molecule has 24 heavy (non-hydrogen) atoms. The number of hydrogen-bond donors (Lipinski definition) is 1. The summed E-state index contributed by atoms with van der Waals surface area (Å²) in [5, 5.41) is 4.64. The fourth-order valence-electron chi connectivity index (χ4n) is 2.20. The van der Waals surface area contributed by atoms with Crippen LogP contribution in [0.3, 0.4) is 0 Å². The first-order valence-electron chi connectivity index (χ1n) is 7.08. The van der Waals surface area contributed by atoms with Gasteiger partial charge < -0.3 is 10.1 Å². The zero-order chi connectivity index (χ0) is 17.1. The van der Waals surface area contributed by atoms with Crippen molar-refractivity contribution in [2.45, 2.75) is 0 Å². The number of carbonyl (C=O) groups is 1. The van der Waals surface area contributed by atoms with E-state index in [0.717, 1.165) is 15.2 Å². The largest absolute Gasteiger partial charge is 0.484 e. The number of ether oxygens (including phenoxy) is 1. The van der Waals surface area contributed by atoms with Crippen molar-refractivity contribution in [1.82, 2.24) is 0 Å². The van der Waals surface area contributed by atoms with Crippen LogP contribution in [-0.4, -0.2) is 12.5 Å². The number of halogens is 3. The number of fused-ring (bicyclic) bond motifs is 1. The number of carbonyl (C=O) groups excluding carboxylic acids is 1. The molecule has 3 nitrogen and oxygen atoms in total. The fraction of sp³-hybridized carbons (Fsp3) is 0.0556. The summed E-state index contributed by atoms with van der Waals surface area (Å²) in [6.07, 6.45) is 0. The first-order valence-corrected chi connectivity index (χ1v) is 8.25. The molecular weight excluding hydrogens is 397 g/mol. The zero-order valence-electron chi connectivity index (χ0n) is 12.4. The van der Waals surface area contributed by atoms with Gasteiger partial charge in [-0.25, -0.2) is 4.39 Å². The van der Waals surface area contributed by atoms with Crippen LogP contribution in [0.1, 0.15) is 0 Å². The Morgan fingerprint density at radius 3 is 2.62 bits per heavy atom. The second-order valence-electron chi connectivity index (χ2n) is 5.12. The third-order valence-electron chi connectivity index (χ3n) is 3.35. The molecule has 0 aromatic heterocycles. The Morgan fingerprint density at radius 2 is 1.83 bits per heavy atom.